The zero-order valence-electron chi connectivity index (χ0n) is 22.2. The van der Waals surface area contributed by atoms with Gasteiger partial charge < -0.3 is 20.4 Å². The third-order valence-corrected chi connectivity index (χ3v) is 8.85. The molecule has 3 aliphatic rings. The number of nitrogens with zero attached hydrogens (tertiary/aromatic N) is 5. The zero-order valence-corrected chi connectivity index (χ0v) is 23.8. The van der Waals surface area contributed by atoms with Gasteiger partial charge in [-0.05, 0) is 52.3 Å². The number of thiazole rings is 2. The van der Waals surface area contributed by atoms with Crippen LogP contribution in [0.25, 0.3) is 10.7 Å². The van der Waals surface area contributed by atoms with Crippen molar-refractivity contribution in [2.45, 2.75) is 57.2 Å². The standard InChI is InChI=1S/C26H33N7O3S2/c1-15-5-6-17(28-15)22-16(26(7-8-26)31-24(22)36)11-21(34)33(4)12-20-29-19(14-37-20)25-30-18(13-38-25)23(35)27-9-10-32(2)3/h13-15H,5-12H2,1-4H3,(H,27,35)(H,31,36)/t15-/m0/s1. The molecule has 12 heteroatoms. The second-order valence-electron chi connectivity index (χ2n) is 10.5. The minimum atomic E-state index is -0.354. The van der Waals surface area contributed by atoms with Gasteiger partial charge in [0.15, 0.2) is 0 Å². The van der Waals surface area contributed by atoms with Gasteiger partial charge in [0.25, 0.3) is 11.8 Å². The van der Waals surface area contributed by atoms with Crippen molar-refractivity contribution < 1.29 is 14.4 Å². The largest absolute Gasteiger partial charge is 0.349 e. The summed E-state index contributed by atoms with van der Waals surface area (Å²) in [7, 11) is 5.67. The maximum atomic E-state index is 13.3. The van der Waals surface area contributed by atoms with E-state index in [1.165, 1.54) is 22.7 Å². The number of nitrogens with one attached hydrogen (secondary N) is 2. The van der Waals surface area contributed by atoms with Crippen molar-refractivity contribution in [1.82, 2.24) is 30.4 Å². The normalized spacial score (nSPS) is 19.8. The average Bonchev–Trinajstić information content (AvgIpc) is 3.28. The minimum Gasteiger partial charge on any atom is -0.349 e. The van der Waals surface area contributed by atoms with E-state index in [0.717, 1.165) is 48.5 Å². The zero-order chi connectivity index (χ0) is 27.0. The van der Waals surface area contributed by atoms with Crippen molar-refractivity contribution in [3.63, 3.8) is 0 Å². The summed E-state index contributed by atoms with van der Waals surface area (Å²) in [5, 5.41) is 11.1. The van der Waals surface area contributed by atoms with E-state index in [2.05, 4.69) is 32.5 Å². The van der Waals surface area contributed by atoms with Gasteiger partial charge in [0.1, 0.15) is 21.4 Å². The van der Waals surface area contributed by atoms with Gasteiger partial charge in [0.05, 0.1) is 24.1 Å². The fraction of sp³-hybridized carbons (Fsp3) is 0.538. The first-order valence-electron chi connectivity index (χ1n) is 12.9. The second-order valence-corrected chi connectivity index (χ2v) is 12.3. The van der Waals surface area contributed by atoms with E-state index in [-0.39, 0.29) is 35.7 Å². The first-order valence-corrected chi connectivity index (χ1v) is 14.6. The predicted molar refractivity (Wildman–Crippen MR) is 148 cm³/mol. The summed E-state index contributed by atoms with van der Waals surface area (Å²) in [4.78, 5) is 55.9. The van der Waals surface area contributed by atoms with Crippen LogP contribution < -0.4 is 10.6 Å². The minimum absolute atomic E-state index is 0.0467. The summed E-state index contributed by atoms with van der Waals surface area (Å²) < 4.78 is 0. The summed E-state index contributed by atoms with van der Waals surface area (Å²) in [6.45, 7) is 3.73. The highest BCUT2D eigenvalue weighted by Crippen LogP contribution is 2.49. The number of aliphatic imine (C=N–C) groups is 1. The highest BCUT2D eigenvalue weighted by atomic mass is 32.1. The quantitative estimate of drug-likeness (QED) is 0.465. The Morgan fingerprint density at radius 1 is 1.18 bits per heavy atom. The monoisotopic (exact) mass is 555 g/mol. The topological polar surface area (TPSA) is 120 Å². The van der Waals surface area contributed by atoms with Crippen LogP contribution in [0, 0.1) is 0 Å². The van der Waals surface area contributed by atoms with Crippen LogP contribution in [-0.2, 0) is 16.1 Å². The van der Waals surface area contributed by atoms with Crippen LogP contribution in [0.4, 0.5) is 0 Å². The van der Waals surface area contributed by atoms with Crippen molar-refractivity contribution in [3.05, 3.63) is 32.6 Å². The molecule has 1 spiro atoms. The van der Waals surface area contributed by atoms with Crippen LogP contribution in [0.3, 0.4) is 0 Å². The molecule has 1 saturated carbocycles. The van der Waals surface area contributed by atoms with E-state index in [1.54, 1.807) is 17.3 Å². The van der Waals surface area contributed by atoms with E-state index >= 15 is 0 Å². The van der Waals surface area contributed by atoms with Crippen LogP contribution in [0.1, 0.15) is 54.5 Å². The number of likely N-dealkylation sites (N-methyl/N-ethyl adjacent to an activating group) is 1. The summed E-state index contributed by atoms with van der Waals surface area (Å²) >= 11 is 2.83. The number of rotatable bonds is 10. The molecule has 1 fully saturated rings. The summed E-state index contributed by atoms with van der Waals surface area (Å²) in [6.07, 6.45) is 3.67. The molecule has 2 aromatic rings. The second kappa shape index (κ2) is 10.7. The summed E-state index contributed by atoms with van der Waals surface area (Å²) in [5.41, 5.74) is 3.13. The molecule has 38 heavy (non-hydrogen) atoms. The molecule has 1 atom stereocenters. The third kappa shape index (κ3) is 5.57. The molecule has 2 aliphatic heterocycles. The van der Waals surface area contributed by atoms with Gasteiger partial charge in [-0.25, -0.2) is 9.97 Å². The van der Waals surface area contributed by atoms with Gasteiger partial charge >= 0.3 is 0 Å². The predicted octanol–water partition coefficient (Wildman–Crippen LogP) is 2.49. The molecule has 4 heterocycles. The highest BCUT2D eigenvalue weighted by Gasteiger charge is 2.55. The number of hydrogen-bond donors (Lipinski definition) is 2. The molecule has 3 amide bonds. The van der Waals surface area contributed by atoms with Crippen molar-refractivity contribution in [2.24, 2.45) is 4.99 Å². The Morgan fingerprint density at radius 2 is 1.97 bits per heavy atom. The number of carbonyl (C=O) groups excluding carboxylic acids is 3. The van der Waals surface area contributed by atoms with E-state index in [9.17, 15) is 14.4 Å². The van der Waals surface area contributed by atoms with E-state index in [1.807, 2.05) is 24.4 Å². The fourth-order valence-electron chi connectivity index (χ4n) is 4.81. The number of hydrogen-bond acceptors (Lipinski definition) is 9. The van der Waals surface area contributed by atoms with E-state index < -0.39 is 0 Å². The van der Waals surface area contributed by atoms with Gasteiger partial charge in [-0.3, -0.25) is 19.4 Å². The van der Waals surface area contributed by atoms with Crippen molar-refractivity contribution in [3.8, 4) is 10.7 Å². The third-order valence-electron chi connectivity index (χ3n) is 7.15. The van der Waals surface area contributed by atoms with Gasteiger partial charge in [-0.2, -0.15) is 0 Å². The molecule has 2 aromatic heterocycles. The molecule has 2 N–H and O–H groups in total. The van der Waals surface area contributed by atoms with Crippen LogP contribution in [0.15, 0.2) is 26.9 Å². The maximum absolute atomic E-state index is 13.3. The van der Waals surface area contributed by atoms with Gasteiger partial charge in [0.2, 0.25) is 5.91 Å². The Morgan fingerprint density at radius 3 is 2.66 bits per heavy atom. The smallest absolute Gasteiger partial charge is 0.270 e. The Labute approximate surface area is 230 Å². The van der Waals surface area contributed by atoms with Crippen molar-refractivity contribution >= 4 is 46.1 Å². The Bertz CT molecular complexity index is 1320. The molecular formula is C26H33N7O3S2. The Hall–Kier alpha value is -2.96. The number of aromatic nitrogens is 2. The molecule has 0 unspecified atom stereocenters. The Balaban J connectivity index is 1.22. The van der Waals surface area contributed by atoms with Gasteiger partial charge in [0, 0.05) is 42.7 Å². The highest BCUT2D eigenvalue weighted by molar-refractivity contribution is 7.14. The lowest BCUT2D eigenvalue weighted by Crippen LogP contribution is -2.33. The van der Waals surface area contributed by atoms with Crippen LogP contribution in [0.2, 0.25) is 0 Å². The van der Waals surface area contributed by atoms with Crippen LogP contribution in [-0.4, -0.2) is 89.0 Å². The molecule has 10 nitrogen and oxygen atoms in total. The first kappa shape index (κ1) is 26.6. The lowest BCUT2D eigenvalue weighted by molar-refractivity contribution is -0.129. The molecule has 5 rings (SSSR count). The maximum Gasteiger partial charge on any atom is 0.270 e. The van der Waals surface area contributed by atoms with Crippen LogP contribution in [0.5, 0.6) is 0 Å². The molecule has 1 aliphatic carbocycles. The molecule has 0 bridgehead atoms. The number of carbonyl (C=O) groups is 3. The molecule has 202 valence electrons. The van der Waals surface area contributed by atoms with E-state index in [4.69, 9.17) is 0 Å². The van der Waals surface area contributed by atoms with Crippen molar-refractivity contribution in [1.29, 1.82) is 0 Å². The van der Waals surface area contributed by atoms with Gasteiger partial charge in [-0.15, -0.1) is 22.7 Å². The van der Waals surface area contributed by atoms with Crippen molar-refractivity contribution in [2.75, 3.05) is 34.2 Å². The summed E-state index contributed by atoms with van der Waals surface area (Å²) in [5.74, 6) is -0.329. The fourth-order valence-corrected chi connectivity index (χ4v) is 6.48. The molecule has 0 aromatic carbocycles. The average molecular weight is 556 g/mol. The molecular weight excluding hydrogens is 522 g/mol. The number of amides is 3. The summed E-state index contributed by atoms with van der Waals surface area (Å²) in [6, 6.07) is 0.214. The Kier molecular flexibility index (Phi) is 7.47. The molecule has 0 saturated heterocycles. The lowest BCUT2D eigenvalue weighted by Gasteiger charge is -2.19. The van der Waals surface area contributed by atoms with Crippen LogP contribution >= 0.6 is 22.7 Å². The first-order chi connectivity index (χ1) is 18.1. The van der Waals surface area contributed by atoms with Gasteiger partial charge in [-0.1, -0.05) is 0 Å². The molecule has 0 radical (unpaired) electrons. The lowest BCUT2D eigenvalue weighted by atomic mass is 9.95. The van der Waals surface area contributed by atoms with E-state index in [0.29, 0.717) is 35.1 Å². The SMILES string of the molecule is C[C@H]1CCC(C2=C(CC(=O)N(C)Cc3nc(-c4nc(C(=O)NCCN(C)C)cs4)cs3)C3(CC3)NC2=O)=N1.